The van der Waals surface area contributed by atoms with Gasteiger partial charge >= 0.3 is 0 Å². The SMILES string of the molecule is COCC(Cc1ccccc1)C(COC)Cc1ccccc1. The standard InChI is InChI=1S/C20H26O2/c1-21-15-19(13-17-9-5-3-6-10-17)20(16-22-2)14-18-11-7-4-8-12-18/h3-12,19-20H,13-16H2,1-2H3. The van der Waals surface area contributed by atoms with Gasteiger partial charge in [-0.1, -0.05) is 60.7 Å². The molecule has 0 aromatic heterocycles. The van der Waals surface area contributed by atoms with Crippen molar-refractivity contribution in [2.75, 3.05) is 27.4 Å². The van der Waals surface area contributed by atoms with Gasteiger partial charge in [0.1, 0.15) is 0 Å². The second kappa shape index (κ2) is 9.39. The van der Waals surface area contributed by atoms with Crippen LogP contribution in [-0.4, -0.2) is 27.4 Å². The Morgan fingerprint density at radius 1 is 0.636 bits per heavy atom. The molecule has 118 valence electrons. The van der Waals surface area contributed by atoms with Crippen molar-refractivity contribution in [2.24, 2.45) is 11.8 Å². The first-order chi connectivity index (χ1) is 10.8. The molecule has 0 aliphatic rings. The minimum atomic E-state index is 0.451. The summed E-state index contributed by atoms with van der Waals surface area (Å²) in [5.41, 5.74) is 2.72. The topological polar surface area (TPSA) is 18.5 Å². The lowest BCUT2D eigenvalue weighted by molar-refractivity contribution is 0.0697. The third kappa shape index (κ3) is 5.28. The smallest absolute Gasteiger partial charge is 0.0497 e. The van der Waals surface area contributed by atoms with Crippen LogP contribution in [0, 0.1) is 11.8 Å². The van der Waals surface area contributed by atoms with Crippen molar-refractivity contribution in [1.29, 1.82) is 0 Å². The van der Waals surface area contributed by atoms with Crippen molar-refractivity contribution in [1.82, 2.24) is 0 Å². The van der Waals surface area contributed by atoms with Gasteiger partial charge in [0.15, 0.2) is 0 Å². The van der Waals surface area contributed by atoms with Crippen molar-refractivity contribution in [3.63, 3.8) is 0 Å². The van der Waals surface area contributed by atoms with Crippen LogP contribution in [0.2, 0.25) is 0 Å². The van der Waals surface area contributed by atoms with E-state index in [1.807, 2.05) is 0 Å². The molecular formula is C20H26O2. The number of methoxy groups -OCH3 is 2. The van der Waals surface area contributed by atoms with Crippen LogP contribution in [0.25, 0.3) is 0 Å². The molecule has 0 N–H and O–H groups in total. The number of hydrogen-bond donors (Lipinski definition) is 0. The fraction of sp³-hybridized carbons (Fsp3) is 0.400. The van der Waals surface area contributed by atoms with Crippen LogP contribution in [0.4, 0.5) is 0 Å². The molecule has 0 amide bonds. The zero-order chi connectivity index (χ0) is 15.6. The zero-order valence-electron chi connectivity index (χ0n) is 13.6. The molecule has 2 unspecified atom stereocenters. The number of hydrogen-bond acceptors (Lipinski definition) is 2. The first-order valence-corrected chi connectivity index (χ1v) is 7.89. The summed E-state index contributed by atoms with van der Waals surface area (Å²) in [6.07, 6.45) is 2.05. The third-order valence-corrected chi connectivity index (χ3v) is 4.11. The molecule has 0 bridgehead atoms. The van der Waals surface area contributed by atoms with E-state index >= 15 is 0 Å². The van der Waals surface area contributed by atoms with Crippen molar-refractivity contribution in [3.8, 4) is 0 Å². The third-order valence-electron chi connectivity index (χ3n) is 4.11. The second-order valence-corrected chi connectivity index (χ2v) is 5.81. The molecule has 0 fully saturated rings. The highest BCUT2D eigenvalue weighted by Crippen LogP contribution is 2.23. The summed E-state index contributed by atoms with van der Waals surface area (Å²) in [6.45, 7) is 1.52. The van der Waals surface area contributed by atoms with Gasteiger partial charge in [-0.15, -0.1) is 0 Å². The van der Waals surface area contributed by atoms with Gasteiger partial charge < -0.3 is 9.47 Å². The van der Waals surface area contributed by atoms with Crippen LogP contribution in [0.3, 0.4) is 0 Å². The summed E-state index contributed by atoms with van der Waals surface area (Å²) < 4.78 is 11.0. The Hall–Kier alpha value is -1.64. The Kier molecular flexibility index (Phi) is 7.14. The van der Waals surface area contributed by atoms with Crippen LogP contribution < -0.4 is 0 Å². The van der Waals surface area contributed by atoms with E-state index in [0.717, 1.165) is 26.1 Å². The minimum absolute atomic E-state index is 0.451. The van der Waals surface area contributed by atoms with E-state index in [1.54, 1.807) is 14.2 Å². The average molecular weight is 298 g/mol. The van der Waals surface area contributed by atoms with Crippen LogP contribution in [0.5, 0.6) is 0 Å². The van der Waals surface area contributed by atoms with Crippen molar-refractivity contribution < 1.29 is 9.47 Å². The Morgan fingerprint density at radius 3 is 1.32 bits per heavy atom. The van der Waals surface area contributed by atoms with E-state index in [9.17, 15) is 0 Å². The molecule has 2 atom stereocenters. The van der Waals surface area contributed by atoms with Gasteiger partial charge in [-0.2, -0.15) is 0 Å². The fourth-order valence-corrected chi connectivity index (χ4v) is 2.99. The van der Waals surface area contributed by atoms with Crippen LogP contribution in [0.1, 0.15) is 11.1 Å². The number of rotatable bonds is 9. The van der Waals surface area contributed by atoms with Crippen LogP contribution in [-0.2, 0) is 22.3 Å². The molecular weight excluding hydrogens is 272 g/mol. The first kappa shape index (κ1) is 16.7. The number of benzene rings is 2. The van der Waals surface area contributed by atoms with E-state index in [2.05, 4.69) is 60.7 Å². The minimum Gasteiger partial charge on any atom is -0.384 e. The molecule has 0 heterocycles. The quantitative estimate of drug-likeness (QED) is 0.697. The molecule has 0 spiro atoms. The van der Waals surface area contributed by atoms with Gasteiger partial charge in [-0.3, -0.25) is 0 Å². The summed E-state index contributed by atoms with van der Waals surface area (Å²) in [5.74, 6) is 0.903. The molecule has 2 aromatic rings. The maximum atomic E-state index is 5.49. The molecule has 2 aromatic carbocycles. The highest BCUT2D eigenvalue weighted by Gasteiger charge is 2.22. The molecule has 2 heteroatoms. The van der Waals surface area contributed by atoms with E-state index in [-0.39, 0.29) is 0 Å². The van der Waals surface area contributed by atoms with Crippen LogP contribution >= 0.6 is 0 Å². The maximum absolute atomic E-state index is 5.49. The van der Waals surface area contributed by atoms with Gasteiger partial charge in [-0.05, 0) is 35.8 Å². The van der Waals surface area contributed by atoms with Gasteiger partial charge in [0.25, 0.3) is 0 Å². The summed E-state index contributed by atoms with van der Waals surface area (Å²) in [6, 6.07) is 21.3. The van der Waals surface area contributed by atoms with Crippen molar-refractivity contribution in [3.05, 3.63) is 71.8 Å². The molecule has 2 rings (SSSR count). The second-order valence-electron chi connectivity index (χ2n) is 5.81. The highest BCUT2D eigenvalue weighted by molar-refractivity contribution is 5.17. The summed E-state index contributed by atoms with van der Waals surface area (Å²) in [5, 5.41) is 0. The Morgan fingerprint density at radius 2 is 1.00 bits per heavy atom. The monoisotopic (exact) mass is 298 g/mol. The Labute approximate surface area is 134 Å². The molecule has 0 radical (unpaired) electrons. The lowest BCUT2D eigenvalue weighted by Crippen LogP contribution is -2.27. The summed E-state index contributed by atoms with van der Waals surface area (Å²) in [7, 11) is 3.56. The summed E-state index contributed by atoms with van der Waals surface area (Å²) >= 11 is 0. The molecule has 0 saturated carbocycles. The fourth-order valence-electron chi connectivity index (χ4n) is 2.99. The van der Waals surface area contributed by atoms with Gasteiger partial charge in [0, 0.05) is 27.4 Å². The molecule has 2 nitrogen and oxygen atoms in total. The van der Waals surface area contributed by atoms with E-state index < -0.39 is 0 Å². The van der Waals surface area contributed by atoms with Crippen molar-refractivity contribution >= 4 is 0 Å². The largest absolute Gasteiger partial charge is 0.384 e. The van der Waals surface area contributed by atoms with E-state index in [1.165, 1.54) is 11.1 Å². The average Bonchev–Trinajstić information content (AvgIpc) is 2.56. The van der Waals surface area contributed by atoms with Crippen molar-refractivity contribution in [2.45, 2.75) is 12.8 Å². The normalized spacial score (nSPS) is 13.7. The lowest BCUT2D eigenvalue weighted by Gasteiger charge is -2.26. The maximum Gasteiger partial charge on any atom is 0.0497 e. The lowest BCUT2D eigenvalue weighted by atomic mass is 9.83. The molecule has 0 aliphatic carbocycles. The Balaban J connectivity index is 2.10. The predicted octanol–water partition coefficient (Wildman–Crippen LogP) is 4.00. The number of ether oxygens (including phenoxy) is 2. The van der Waals surface area contributed by atoms with E-state index in [4.69, 9.17) is 9.47 Å². The van der Waals surface area contributed by atoms with Crippen LogP contribution in [0.15, 0.2) is 60.7 Å². The predicted molar refractivity (Wildman–Crippen MR) is 91.0 cm³/mol. The summed E-state index contributed by atoms with van der Waals surface area (Å²) in [4.78, 5) is 0. The van der Waals surface area contributed by atoms with Gasteiger partial charge in [-0.25, -0.2) is 0 Å². The zero-order valence-corrected chi connectivity index (χ0v) is 13.6. The van der Waals surface area contributed by atoms with E-state index in [0.29, 0.717) is 11.8 Å². The highest BCUT2D eigenvalue weighted by atomic mass is 16.5. The molecule has 22 heavy (non-hydrogen) atoms. The molecule has 0 saturated heterocycles. The Bertz CT molecular complexity index is 460. The van der Waals surface area contributed by atoms with Gasteiger partial charge in [0.05, 0.1) is 0 Å². The van der Waals surface area contributed by atoms with Gasteiger partial charge in [0.2, 0.25) is 0 Å². The molecule has 0 aliphatic heterocycles. The first-order valence-electron chi connectivity index (χ1n) is 7.89.